The Morgan fingerprint density at radius 3 is 2.91 bits per heavy atom. The van der Waals surface area contributed by atoms with Gasteiger partial charge in [0.15, 0.2) is 0 Å². The van der Waals surface area contributed by atoms with Gasteiger partial charge in [-0.05, 0) is 45.0 Å². The number of hydrogen-bond acceptors (Lipinski definition) is 2. The van der Waals surface area contributed by atoms with Crippen LogP contribution in [0.4, 0.5) is 0 Å². The molecule has 0 aliphatic carbocycles. The van der Waals surface area contributed by atoms with E-state index in [1.807, 2.05) is 0 Å². The zero-order valence-corrected chi connectivity index (χ0v) is 7.18. The van der Waals surface area contributed by atoms with Crippen molar-refractivity contribution in [1.29, 1.82) is 0 Å². The Bertz CT molecular complexity index is 98.1. The van der Waals surface area contributed by atoms with Gasteiger partial charge in [-0.2, -0.15) is 0 Å². The first-order valence-corrected chi connectivity index (χ1v) is 4.69. The van der Waals surface area contributed by atoms with Crippen LogP contribution in [-0.4, -0.2) is 25.8 Å². The van der Waals surface area contributed by atoms with Crippen LogP contribution in [0.25, 0.3) is 0 Å². The minimum absolute atomic E-state index is 1.01. The molecule has 0 aromatic rings. The normalized spacial score (nSPS) is 25.5. The Morgan fingerprint density at radius 1 is 1.00 bits per heavy atom. The van der Waals surface area contributed by atoms with Gasteiger partial charge in [0.1, 0.15) is 0 Å². The molecule has 2 heteroatoms. The first-order valence-electron chi connectivity index (χ1n) is 4.69. The molecule has 0 unspecified atom stereocenters. The van der Waals surface area contributed by atoms with Gasteiger partial charge in [0.05, 0.1) is 0 Å². The number of hydrogen-bond donors (Lipinski definition) is 1. The second kappa shape index (κ2) is 6.35. The molecule has 1 heterocycles. The summed E-state index contributed by atoms with van der Waals surface area (Å²) in [4.78, 5) is 4.31. The molecule has 1 aliphatic heterocycles. The summed E-state index contributed by atoms with van der Waals surface area (Å²) in [6.07, 6.45) is 8.44. The summed E-state index contributed by atoms with van der Waals surface area (Å²) in [7, 11) is 0. The molecular formula is C9H18N2. The van der Waals surface area contributed by atoms with Crippen LogP contribution in [0, 0.1) is 0 Å². The number of aliphatic imine (C=N–C) groups is 1. The Hall–Kier alpha value is -0.370. The Kier molecular flexibility index (Phi) is 5.03. The monoisotopic (exact) mass is 154 g/mol. The fraction of sp³-hybridized carbons (Fsp3) is 0.889. The molecule has 0 atom stereocenters. The van der Waals surface area contributed by atoms with Crippen molar-refractivity contribution in [3.8, 4) is 0 Å². The van der Waals surface area contributed by atoms with Gasteiger partial charge in [-0.3, -0.25) is 4.99 Å². The summed E-state index contributed by atoms with van der Waals surface area (Å²) in [6.45, 7) is 3.34. The molecule has 0 radical (unpaired) electrons. The average Bonchev–Trinajstić information content (AvgIpc) is 2.08. The van der Waals surface area contributed by atoms with E-state index in [4.69, 9.17) is 0 Å². The van der Waals surface area contributed by atoms with Crippen LogP contribution in [0.1, 0.15) is 32.1 Å². The van der Waals surface area contributed by atoms with Gasteiger partial charge in [0.2, 0.25) is 0 Å². The lowest BCUT2D eigenvalue weighted by Gasteiger charge is -2.00. The molecule has 1 rings (SSSR count). The van der Waals surface area contributed by atoms with Gasteiger partial charge in [0, 0.05) is 6.54 Å². The molecule has 0 spiro atoms. The van der Waals surface area contributed by atoms with Gasteiger partial charge in [-0.15, -0.1) is 0 Å². The first kappa shape index (κ1) is 8.72. The minimum atomic E-state index is 1.01. The van der Waals surface area contributed by atoms with Gasteiger partial charge in [-0.1, -0.05) is 6.42 Å². The summed E-state index contributed by atoms with van der Waals surface area (Å²) in [6, 6.07) is 0. The molecule has 0 aromatic carbocycles. The first-order chi connectivity index (χ1) is 5.50. The summed E-state index contributed by atoms with van der Waals surface area (Å²) in [5.74, 6) is 0. The van der Waals surface area contributed by atoms with E-state index in [0.29, 0.717) is 0 Å². The van der Waals surface area contributed by atoms with Gasteiger partial charge >= 0.3 is 0 Å². The van der Waals surface area contributed by atoms with E-state index < -0.39 is 0 Å². The van der Waals surface area contributed by atoms with E-state index in [0.717, 1.165) is 13.1 Å². The maximum atomic E-state index is 4.31. The van der Waals surface area contributed by atoms with E-state index in [1.54, 1.807) is 0 Å². The van der Waals surface area contributed by atoms with Crippen LogP contribution in [0.2, 0.25) is 0 Å². The van der Waals surface area contributed by atoms with Crippen LogP contribution < -0.4 is 5.32 Å². The zero-order chi connectivity index (χ0) is 7.78. The summed E-state index contributed by atoms with van der Waals surface area (Å²) in [5, 5.41) is 3.41. The van der Waals surface area contributed by atoms with Crippen LogP contribution in [0.15, 0.2) is 4.99 Å². The molecule has 1 N–H and O–H groups in total. The molecule has 64 valence electrons. The molecule has 1 aliphatic rings. The average molecular weight is 154 g/mol. The van der Waals surface area contributed by atoms with Crippen LogP contribution in [0.5, 0.6) is 0 Å². The maximum Gasteiger partial charge on any atom is 0.0397 e. The van der Waals surface area contributed by atoms with Crippen molar-refractivity contribution in [3.05, 3.63) is 0 Å². The van der Waals surface area contributed by atoms with Crippen molar-refractivity contribution in [3.63, 3.8) is 0 Å². The van der Waals surface area contributed by atoms with Crippen molar-refractivity contribution in [1.82, 2.24) is 5.32 Å². The van der Waals surface area contributed by atoms with E-state index in [2.05, 4.69) is 16.5 Å². The van der Waals surface area contributed by atoms with E-state index in [1.165, 1.54) is 38.6 Å². The van der Waals surface area contributed by atoms with Crippen molar-refractivity contribution in [2.75, 3.05) is 19.6 Å². The van der Waals surface area contributed by atoms with Gasteiger partial charge in [0.25, 0.3) is 0 Å². The quantitative estimate of drug-likeness (QED) is 0.563. The third kappa shape index (κ3) is 4.96. The lowest BCUT2D eigenvalue weighted by molar-refractivity contribution is 0.603. The predicted octanol–water partition coefficient (Wildman–Crippen LogP) is 1.61. The zero-order valence-electron chi connectivity index (χ0n) is 7.18. The molecule has 0 saturated carbocycles. The molecule has 0 amide bonds. The molecular weight excluding hydrogens is 136 g/mol. The third-order valence-electron chi connectivity index (χ3n) is 1.96. The Morgan fingerprint density at radius 2 is 1.91 bits per heavy atom. The third-order valence-corrected chi connectivity index (χ3v) is 1.96. The van der Waals surface area contributed by atoms with Crippen molar-refractivity contribution in [2.45, 2.75) is 32.1 Å². The van der Waals surface area contributed by atoms with E-state index in [-0.39, 0.29) is 0 Å². The standard InChI is InChI=1S/C9H18N2/c1-2-4-7-11-9-5-8-10-6-3-1/h6,11H,1-5,7-9H2/b10-6-. The highest BCUT2D eigenvalue weighted by Gasteiger charge is 1.91. The summed E-state index contributed by atoms with van der Waals surface area (Å²) < 4.78 is 0. The van der Waals surface area contributed by atoms with Crippen molar-refractivity contribution < 1.29 is 0 Å². The van der Waals surface area contributed by atoms with Crippen LogP contribution >= 0.6 is 0 Å². The highest BCUT2D eigenvalue weighted by Crippen LogP contribution is 1.97. The topological polar surface area (TPSA) is 24.4 Å². The fourth-order valence-electron chi connectivity index (χ4n) is 1.27. The van der Waals surface area contributed by atoms with Crippen molar-refractivity contribution >= 4 is 6.21 Å². The fourth-order valence-corrected chi connectivity index (χ4v) is 1.27. The highest BCUT2D eigenvalue weighted by molar-refractivity contribution is 5.56. The van der Waals surface area contributed by atoms with Gasteiger partial charge < -0.3 is 5.32 Å². The number of nitrogens with one attached hydrogen (secondary N) is 1. The molecule has 0 saturated heterocycles. The van der Waals surface area contributed by atoms with Gasteiger partial charge in [-0.25, -0.2) is 0 Å². The molecule has 0 fully saturated rings. The molecule has 11 heavy (non-hydrogen) atoms. The van der Waals surface area contributed by atoms with Crippen LogP contribution in [-0.2, 0) is 0 Å². The maximum absolute atomic E-state index is 4.31. The SMILES string of the molecule is C1=N\CCCNCCCCC/1. The lowest BCUT2D eigenvalue weighted by Crippen LogP contribution is -2.16. The highest BCUT2D eigenvalue weighted by atomic mass is 14.9. The number of rotatable bonds is 0. The van der Waals surface area contributed by atoms with Crippen molar-refractivity contribution in [2.24, 2.45) is 4.99 Å². The van der Waals surface area contributed by atoms with E-state index >= 15 is 0 Å². The molecule has 0 bridgehead atoms. The summed E-state index contributed by atoms with van der Waals surface area (Å²) in [5.41, 5.74) is 0. The smallest absolute Gasteiger partial charge is 0.0397 e. The predicted molar refractivity (Wildman–Crippen MR) is 49.3 cm³/mol. The largest absolute Gasteiger partial charge is 0.317 e. The minimum Gasteiger partial charge on any atom is -0.317 e. The molecule has 0 aromatic heterocycles. The van der Waals surface area contributed by atoms with Crippen LogP contribution in [0.3, 0.4) is 0 Å². The second-order valence-electron chi connectivity index (χ2n) is 3.04. The van der Waals surface area contributed by atoms with E-state index in [9.17, 15) is 0 Å². The number of nitrogens with zero attached hydrogens (tertiary/aromatic N) is 1. The summed E-state index contributed by atoms with van der Waals surface area (Å²) >= 11 is 0. The Labute approximate surface area is 69.1 Å². The Balaban J connectivity index is 2.11. The lowest BCUT2D eigenvalue weighted by atomic mass is 10.2. The second-order valence-corrected chi connectivity index (χ2v) is 3.04. The molecule has 2 nitrogen and oxygen atoms in total.